The van der Waals surface area contributed by atoms with Crippen molar-refractivity contribution in [2.24, 2.45) is 5.73 Å². The van der Waals surface area contributed by atoms with Gasteiger partial charge in [0.25, 0.3) is 0 Å². The maximum atomic E-state index is 13.4. The van der Waals surface area contributed by atoms with E-state index in [1.54, 1.807) is 0 Å². The first-order valence-corrected chi connectivity index (χ1v) is 7.86. The van der Waals surface area contributed by atoms with Crippen LogP contribution in [0.5, 0.6) is 0 Å². The Morgan fingerprint density at radius 3 is 2.67 bits per heavy atom. The molecular formula is C14H18F4N2S. The number of thioether (sulfide) groups is 1. The van der Waals surface area contributed by atoms with E-state index in [1.165, 1.54) is 6.07 Å². The van der Waals surface area contributed by atoms with E-state index in [0.29, 0.717) is 11.6 Å². The summed E-state index contributed by atoms with van der Waals surface area (Å²) in [6.07, 6.45) is -3.70. The molecule has 118 valence electrons. The highest BCUT2D eigenvalue weighted by Gasteiger charge is 2.35. The molecule has 1 fully saturated rings. The summed E-state index contributed by atoms with van der Waals surface area (Å²) in [6.45, 7) is 0.195. The number of hydrogen-bond donors (Lipinski definition) is 1. The zero-order chi connectivity index (χ0) is 15.6. The van der Waals surface area contributed by atoms with Crippen LogP contribution in [-0.4, -0.2) is 36.0 Å². The van der Waals surface area contributed by atoms with Crippen molar-refractivity contribution < 1.29 is 17.6 Å². The van der Waals surface area contributed by atoms with Gasteiger partial charge in [-0.1, -0.05) is 6.07 Å². The molecule has 1 aliphatic heterocycles. The maximum Gasteiger partial charge on any atom is 0.419 e. The monoisotopic (exact) mass is 322 g/mol. The number of halogens is 4. The van der Waals surface area contributed by atoms with Gasteiger partial charge in [0.15, 0.2) is 0 Å². The van der Waals surface area contributed by atoms with Crippen molar-refractivity contribution in [3.05, 3.63) is 35.1 Å². The van der Waals surface area contributed by atoms with E-state index in [-0.39, 0.29) is 12.6 Å². The molecule has 2 N–H and O–H groups in total. The van der Waals surface area contributed by atoms with Crippen LogP contribution >= 0.6 is 11.8 Å². The van der Waals surface area contributed by atoms with E-state index in [9.17, 15) is 17.6 Å². The van der Waals surface area contributed by atoms with E-state index in [2.05, 4.69) is 0 Å². The number of benzene rings is 1. The van der Waals surface area contributed by atoms with Crippen LogP contribution in [0.1, 0.15) is 23.6 Å². The molecule has 0 aromatic heterocycles. The smallest absolute Gasteiger partial charge is 0.329 e. The van der Waals surface area contributed by atoms with Crippen LogP contribution in [0.25, 0.3) is 0 Å². The number of rotatable bonds is 4. The standard InChI is InChI=1S/C14H18F4N2S/c1-20(10-4-5-21-8-10)13(7-19)9-2-3-12(15)11(6-9)14(16,17)18/h2-3,6,10,13H,4-5,7-8,19H2,1H3. The second kappa shape index (κ2) is 6.54. The van der Waals surface area contributed by atoms with E-state index < -0.39 is 17.6 Å². The molecule has 1 aromatic carbocycles. The van der Waals surface area contributed by atoms with Crippen molar-refractivity contribution in [3.8, 4) is 0 Å². The van der Waals surface area contributed by atoms with Crippen LogP contribution in [0.3, 0.4) is 0 Å². The van der Waals surface area contributed by atoms with Gasteiger partial charge in [-0.25, -0.2) is 4.39 Å². The molecule has 0 amide bonds. The Balaban J connectivity index is 2.29. The third kappa shape index (κ3) is 3.70. The molecule has 7 heteroatoms. The fourth-order valence-electron chi connectivity index (χ4n) is 2.60. The number of nitrogens with zero attached hydrogens (tertiary/aromatic N) is 1. The topological polar surface area (TPSA) is 29.3 Å². The molecule has 0 radical (unpaired) electrons. The van der Waals surface area contributed by atoms with Crippen molar-refractivity contribution in [1.82, 2.24) is 4.90 Å². The highest BCUT2D eigenvalue weighted by atomic mass is 32.2. The first kappa shape index (κ1) is 16.6. The van der Waals surface area contributed by atoms with E-state index >= 15 is 0 Å². The Hall–Kier alpha value is -0.790. The molecule has 2 rings (SSSR count). The Kier molecular flexibility index (Phi) is 5.16. The Morgan fingerprint density at radius 1 is 1.43 bits per heavy atom. The third-order valence-corrected chi connectivity index (χ3v) is 5.02. The van der Waals surface area contributed by atoms with E-state index in [0.717, 1.165) is 30.1 Å². The Labute approximate surface area is 125 Å². The minimum absolute atomic E-state index is 0.195. The lowest BCUT2D eigenvalue weighted by molar-refractivity contribution is -0.140. The van der Waals surface area contributed by atoms with Crippen LogP contribution in [0.15, 0.2) is 18.2 Å². The van der Waals surface area contributed by atoms with Crippen LogP contribution in [0, 0.1) is 5.82 Å². The van der Waals surface area contributed by atoms with Crippen LogP contribution in [-0.2, 0) is 6.18 Å². The lowest BCUT2D eigenvalue weighted by Gasteiger charge is -2.32. The predicted octanol–water partition coefficient (Wildman–Crippen LogP) is 3.28. The molecule has 2 atom stereocenters. The maximum absolute atomic E-state index is 13.4. The lowest BCUT2D eigenvalue weighted by Crippen LogP contribution is -2.38. The third-order valence-electron chi connectivity index (χ3n) is 3.88. The zero-order valence-corrected chi connectivity index (χ0v) is 12.5. The first-order valence-electron chi connectivity index (χ1n) is 6.71. The Bertz CT molecular complexity index is 486. The van der Waals surface area contributed by atoms with Crippen molar-refractivity contribution in [1.29, 1.82) is 0 Å². The van der Waals surface area contributed by atoms with Gasteiger partial charge in [0, 0.05) is 24.4 Å². The summed E-state index contributed by atoms with van der Waals surface area (Å²) in [7, 11) is 1.87. The Morgan fingerprint density at radius 2 is 2.14 bits per heavy atom. The van der Waals surface area contributed by atoms with Gasteiger partial charge in [0.1, 0.15) is 5.82 Å². The van der Waals surface area contributed by atoms with Gasteiger partial charge in [-0.15, -0.1) is 0 Å². The molecule has 1 aliphatic rings. The first-order chi connectivity index (χ1) is 9.84. The molecule has 0 bridgehead atoms. The van der Waals surface area contributed by atoms with Crippen molar-refractivity contribution in [2.45, 2.75) is 24.7 Å². The molecule has 0 aliphatic carbocycles. The zero-order valence-electron chi connectivity index (χ0n) is 11.7. The van der Waals surface area contributed by atoms with Crippen LogP contribution in [0.2, 0.25) is 0 Å². The number of hydrogen-bond acceptors (Lipinski definition) is 3. The van der Waals surface area contributed by atoms with Gasteiger partial charge < -0.3 is 5.73 Å². The van der Waals surface area contributed by atoms with Gasteiger partial charge in [-0.2, -0.15) is 24.9 Å². The van der Waals surface area contributed by atoms with Crippen molar-refractivity contribution >= 4 is 11.8 Å². The highest BCUT2D eigenvalue weighted by Crippen LogP contribution is 2.35. The largest absolute Gasteiger partial charge is 0.419 e. The second-order valence-corrected chi connectivity index (χ2v) is 6.32. The summed E-state index contributed by atoms with van der Waals surface area (Å²) < 4.78 is 51.8. The van der Waals surface area contributed by atoms with Crippen LogP contribution in [0.4, 0.5) is 17.6 Å². The molecule has 0 spiro atoms. The molecule has 1 heterocycles. The summed E-state index contributed by atoms with van der Waals surface area (Å²) in [5.41, 5.74) is 4.93. The molecule has 0 saturated carbocycles. The minimum Gasteiger partial charge on any atom is -0.329 e. The quantitative estimate of drug-likeness (QED) is 0.863. The van der Waals surface area contributed by atoms with E-state index in [1.807, 2.05) is 23.7 Å². The molecule has 21 heavy (non-hydrogen) atoms. The highest BCUT2D eigenvalue weighted by molar-refractivity contribution is 7.99. The number of alkyl halides is 3. The fourth-order valence-corrected chi connectivity index (χ4v) is 3.88. The number of likely N-dealkylation sites (N-methyl/N-ethyl adjacent to an activating group) is 1. The van der Waals surface area contributed by atoms with Gasteiger partial charge in [-0.3, -0.25) is 4.90 Å². The van der Waals surface area contributed by atoms with Gasteiger partial charge in [-0.05, 0) is 36.9 Å². The molecule has 2 nitrogen and oxygen atoms in total. The van der Waals surface area contributed by atoms with Gasteiger partial charge >= 0.3 is 6.18 Å². The normalized spacial score (nSPS) is 21.0. The SMILES string of the molecule is CN(C1CCSC1)C(CN)c1ccc(F)c(C(F)(F)F)c1. The molecule has 1 saturated heterocycles. The van der Waals surface area contributed by atoms with Gasteiger partial charge in [0.2, 0.25) is 0 Å². The molecular weight excluding hydrogens is 304 g/mol. The summed E-state index contributed by atoms with van der Waals surface area (Å²) in [4.78, 5) is 2.01. The van der Waals surface area contributed by atoms with E-state index in [4.69, 9.17) is 5.73 Å². The second-order valence-electron chi connectivity index (χ2n) is 5.17. The van der Waals surface area contributed by atoms with Crippen molar-refractivity contribution in [3.63, 3.8) is 0 Å². The van der Waals surface area contributed by atoms with Crippen LogP contribution < -0.4 is 5.73 Å². The minimum atomic E-state index is -4.69. The number of nitrogens with two attached hydrogens (primary N) is 1. The summed E-state index contributed by atoms with van der Waals surface area (Å²) >= 11 is 1.82. The predicted molar refractivity (Wildman–Crippen MR) is 76.7 cm³/mol. The average molecular weight is 322 g/mol. The average Bonchev–Trinajstić information content (AvgIpc) is 2.93. The summed E-state index contributed by atoms with van der Waals surface area (Å²) in [6, 6.07) is 3.10. The summed E-state index contributed by atoms with van der Waals surface area (Å²) in [5, 5.41) is 0. The molecule has 2 unspecified atom stereocenters. The molecule has 1 aromatic rings. The summed E-state index contributed by atoms with van der Waals surface area (Å²) in [5.74, 6) is 0.741. The van der Waals surface area contributed by atoms with Gasteiger partial charge in [0.05, 0.1) is 5.56 Å². The van der Waals surface area contributed by atoms with Crippen molar-refractivity contribution in [2.75, 3.05) is 25.1 Å². The fraction of sp³-hybridized carbons (Fsp3) is 0.571. The lowest BCUT2D eigenvalue weighted by atomic mass is 10.0.